The predicted molar refractivity (Wildman–Crippen MR) is 135 cm³/mol. The molecule has 2 heterocycles. The number of nitrogens with zero attached hydrogens (tertiary/aromatic N) is 3. The first-order chi connectivity index (χ1) is 18.0. The molecule has 2 aromatic heterocycles. The Bertz CT molecular complexity index is 1690. The van der Waals surface area contributed by atoms with Gasteiger partial charge in [0.2, 0.25) is 5.95 Å². The fourth-order valence-electron chi connectivity index (χ4n) is 4.52. The molecule has 0 spiro atoms. The van der Waals surface area contributed by atoms with Crippen LogP contribution in [0, 0.1) is 5.92 Å². The van der Waals surface area contributed by atoms with Crippen molar-refractivity contribution in [3.63, 3.8) is 0 Å². The molecule has 1 saturated carbocycles. The van der Waals surface area contributed by atoms with Gasteiger partial charge < -0.3 is 4.74 Å². The molecule has 1 aliphatic rings. The monoisotopic (exact) mass is 564 g/mol. The Balaban J connectivity index is 1.54. The Morgan fingerprint density at radius 1 is 1.08 bits per heavy atom. The van der Waals surface area contributed by atoms with Gasteiger partial charge in [-0.2, -0.15) is 13.2 Å². The molecule has 8 nitrogen and oxygen atoms in total. The summed E-state index contributed by atoms with van der Waals surface area (Å²) in [6, 6.07) is 11.5. The lowest BCUT2D eigenvalue weighted by atomic mass is 9.71. The first-order valence-electron chi connectivity index (χ1n) is 11.4. The Kier molecular flexibility index (Phi) is 6.56. The number of sulfonamides is 1. The zero-order valence-electron chi connectivity index (χ0n) is 19.7. The number of alkyl halides is 3. The predicted octanol–water partition coefficient (Wildman–Crippen LogP) is 5.30. The number of pyridine rings is 1. The molecule has 0 unspecified atom stereocenters. The summed E-state index contributed by atoms with van der Waals surface area (Å²) >= 11 is 6.49. The van der Waals surface area contributed by atoms with Gasteiger partial charge in [-0.3, -0.25) is 9.36 Å². The molecule has 0 atom stereocenters. The number of fused-ring (bicyclic) bond motifs is 1. The van der Waals surface area contributed by atoms with Crippen LogP contribution < -0.4 is 15.0 Å². The number of anilines is 1. The molecule has 1 aliphatic carbocycles. The number of hydrogen-bond donors (Lipinski definition) is 1. The second-order valence-electron chi connectivity index (χ2n) is 8.86. The third kappa shape index (κ3) is 4.81. The van der Waals surface area contributed by atoms with E-state index in [1.165, 1.54) is 60.5 Å². The molecule has 0 amide bonds. The molecule has 0 bridgehead atoms. The molecular weight excluding hydrogens is 545 g/mol. The minimum atomic E-state index is -4.25. The summed E-state index contributed by atoms with van der Waals surface area (Å²) in [6.07, 6.45) is -1.60. The average molecular weight is 565 g/mol. The third-order valence-electron chi connectivity index (χ3n) is 6.55. The average Bonchev–Trinajstić information content (AvgIpc) is 2.83. The number of methoxy groups -OCH3 is 1. The Morgan fingerprint density at radius 2 is 1.79 bits per heavy atom. The van der Waals surface area contributed by atoms with Crippen LogP contribution in [0.3, 0.4) is 0 Å². The van der Waals surface area contributed by atoms with E-state index in [4.69, 9.17) is 16.3 Å². The molecule has 38 heavy (non-hydrogen) atoms. The number of rotatable bonds is 6. The SMILES string of the molecule is COc1cc(C2CC(C(F)(F)F)C2)c(Cl)cc1-n1c(=O)ccc2cc(S(=O)(=O)Nc3ncccn3)ccc21. The molecule has 13 heteroatoms. The van der Waals surface area contributed by atoms with E-state index in [0.29, 0.717) is 16.5 Å². The minimum absolute atomic E-state index is 0.0702. The molecule has 4 aromatic rings. The van der Waals surface area contributed by atoms with Crippen LogP contribution in [0.5, 0.6) is 5.75 Å². The normalized spacial score (nSPS) is 17.7. The number of aromatic nitrogens is 3. The van der Waals surface area contributed by atoms with E-state index < -0.39 is 27.7 Å². The van der Waals surface area contributed by atoms with Crippen LogP contribution >= 0.6 is 11.6 Å². The lowest BCUT2D eigenvalue weighted by Gasteiger charge is -2.37. The first-order valence-corrected chi connectivity index (χ1v) is 13.2. The van der Waals surface area contributed by atoms with Crippen LogP contribution in [-0.2, 0) is 10.0 Å². The van der Waals surface area contributed by atoms with Gasteiger partial charge in [0.05, 0.1) is 29.1 Å². The smallest absolute Gasteiger partial charge is 0.391 e. The highest BCUT2D eigenvalue weighted by Gasteiger charge is 2.48. The van der Waals surface area contributed by atoms with Gasteiger partial charge in [-0.15, -0.1) is 0 Å². The van der Waals surface area contributed by atoms with Crippen molar-refractivity contribution >= 4 is 38.5 Å². The van der Waals surface area contributed by atoms with Crippen molar-refractivity contribution in [3.8, 4) is 11.4 Å². The standard InChI is InChI=1S/C25H20ClF3N4O4S/c1-37-22-12-18(15-9-16(10-15)25(27,28)29)19(26)13-21(22)33-20-5-4-17(11-14(20)3-6-23(33)34)38(35,36)32-24-30-7-2-8-31-24/h2-8,11-13,15-16H,9-10H2,1H3,(H,30,31,32). The van der Waals surface area contributed by atoms with Crippen LogP contribution in [0.1, 0.15) is 24.3 Å². The van der Waals surface area contributed by atoms with Gasteiger partial charge in [-0.25, -0.2) is 23.1 Å². The summed E-state index contributed by atoms with van der Waals surface area (Å²) in [7, 11) is -2.64. The molecular formula is C25H20ClF3N4O4S. The van der Waals surface area contributed by atoms with Gasteiger partial charge in [0, 0.05) is 28.9 Å². The number of benzene rings is 2. The van der Waals surface area contributed by atoms with E-state index in [1.807, 2.05) is 0 Å². The summed E-state index contributed by atoms with van der Waals surface area (Å²) in [4.78, 5) is 20.6. The van der Waals surface area contributed by atoms with Crippen molar-refractivity contribution in [2.75, 3.05) is 11.8 Å². The van der Waals surface area contributed by atoms with E-state index in [0.717, 1.165) is 0 Å². The van der Waals surface area contributed by atoms with Crippen molar-refractivity contribution in [1.82, 2.24) is 14.5 Å². The maximum absolute atomic E-state index is 13.0. The van der Waals surface area contributed by atoms with Crippen LogP contribution in [0.4, 0.5) is 19.1 Å². The highest BCUT2D eigenvalue weighted by Crippen LogP contribution is 2.51. The maximum Gasteiger partial charge on any atom is 0.391 e. The van der Waals surface area contributed by atoms with Crippen LogP contribution in [-0.4, -0.2) is 36.2 Å². The first kappa shape index (κ1) is 26.0. The number of halogens is 4. The summed E-state index contributed by atoms with van der Waals surface area (Å²) < 4.78 is 73.8. The molecule has 0 aliphatic heterocycles. The lowest BCUT2D eigenvalue weighted by molar-refractivity contribution is -0.197. The highest BCUT2D eigenvalue weighted by atomic mass is 35.5. The quantitative estimate of drug-likeness (QED) is 0.341. The van der Waals surface area contributed by atoms with Gasteiger partial charge in [0.25, 0.3) is 15.6 Å². The molecule has 1 fully saturated rings. The van der Waals surface area contributed by atoms with Crippen LogP contribution in [0.2, 0.25) is 5.02 Å². The highest BCUT2D eigenvalue weighted by molar-refractivity contribution is 7.92. The largest absolute Gasteiger partial charge is 0.495 e. The maximum atomic E-state index is 13.0. The fourth-order valence-corrected chi connectivity index (χ4v) is 5.82. The molecule has 2 aromatic carbocycles. The number of nitrogens with one attached hydrogen (secondary N) is 1. The molecule has 198 valence electrons. The summed E-state index contributed by atoms with van der Waals surface area (Å²) in [5.41, 5.74) is 0.723. The lowest BCUT2D eigenvalue weighted by Crippen LogP contribution is -2.34. The molecule has 5 rings (SSSR count). The van der Waals surface area contributed by atoms with E-state index in [2.05, 4.69) is 14.7 Å². The van der Waals surface area contributed by atoms with Crippen molar-refractivity contribution < 1.29 is 26.3 Å². The summed E-state index contributed by atoms with van der Waals surface area (Å²) in [5.74, 6) is -1.60. The van der Waals surface area contributed by atoms with Gasteiger partial charge in [-0.05, 0) is 66.8 Å². The zero-order valence-corrected chi connectivity index (χ0v) is 21.3. The Hall–Kier alpha value is -3.64. The number of ether oxygens (including phenoxy) is 1. The van der Waals surface area contributed by atoms with Crippen molar-refractivity contribution in [2.45, 2.75) is 29.8 Å². The second kappa shape index (κ2) is 9.59. The van der Waals surface area contributed by atoms with Crippen molar-refractivity contribution in [2.24, 2.45) is 5.92 Å². The van der Waals surface area contributed by atoms with Crippen LogP contribution in [0.25, 0.3) is 16.6 Å². The molecule has 1 N–H and O–H groups in total. The fraction of sp³-hybridized carbons (Fsp3) is 0.240. The molecule has 0 saturated heterocycles. The summed E-state index contributed by atoms with van der Waals surface area (Å²) in [5, 5.41) is 0.636. The van der Waals surface area contributed by atoms with Gasteiger partial charge >= 0.3 is 6.18 Å². The summed E-state index contributed by atoms with van der Waals surface area (Å²) in [6.45, 7) is 0. The topological polar surface area (TPSA) is 103 Å². The van der Waals surface area contributed by atoms with E-state index in [-0.39, 0.29) is 46.1 Å². The Labute approximate surface area is 220 Å². The second-order valence-corrected chi connectivity index (χ2v) is 10.9. The zero-order chi connectivity index (χ0) is 27.2. The van der Waals surface area contributed by atoms with Gasteiger partial charge in [-0.1, -0.05) is 11.6 Å². The molecule has 0 radical (unpaired) electrons. The van der Waals surface area contributed by atoms with Crippen molar-refractivity contribution in [3.05, 3.63) is 81.9 Å². The van der Waals surface area contributed by atoms with E-state index in [9.17, 15) is 26.4 Å². The van der Waals surface area contributed by atoms with Crippen molar-refractivity contribution in [1.29, 1.82) is 0 Å². The van der Waals surface area contributed by atoms with Crippen LogP contribution in [0.15, 0.2) is 70.6 Å². The Morgan fingerprint density at radius 3 is 2.45 bits per heavy atom. The minimum Gasteiger partial charge on any atom is -0.495 e. The van der Waals surface area contributed by atoms with E-state index >= 15 is 0 Å². The number of hydrogen-bond acceptors (Lipinski definition) is 6. The van der Waals surface area contributed by atoms with E-state index in [1.54, 1.807) is 12.1 Å². The van der Waals surface area contributed by atoms with Gasteiger partial charge in [0.1, 0.15) is 5.75 Å². The van der Waals surface area contributed by atoms with Gasteiger partial charge in [0.15, 0.2) is 0 Å². The third-order valence-corrected chi connectivity index (χ3v) is 8.20.